The van der Waals surface area contributed by atoms with Gasteiger partial charge in [0, 0.05) is 24.3 Å². The number of hydrogen-bond donors (Lipinski definition) is 2. The number of carbonyl (C=O) groups excluding carboxylic acids is 1. The lowest BCUT2D eigenvalue weighted by molar-refractivity contribution is -0.158. The van der Waals surface area contributed by atoms with Crippen LogP contribution in [-0.2, 0) is 22.7 Å². The van der Waals surface area contributed by atoms with Crippen LogP contribution in [0.1, 0.15) is 43.9 Å². The second-order valence-corrected chi connectivity index (χ2v) is 6.85. The molecule has 3 fully saturated rings. The molecule has 0 unspecified atom stereocenters. The zero-order valence-corrected chi connectivity index (χ0v) is 13.8. The van der Waals surface area contributed by atoms with Crippen LogP contribution in [0, 0.1) is 30.6 Å². The molecule has 2 bridgehead atoms. The Hall–Kier alpha value is -1.85. The highest BCUT2D eigenvalue weighted by Crippen LogP contribution is 2.49. The van der Waals surface area contributed by atoms with Crippen molar-refractivity contribution in [1.82, 2.24) is 15.1 Å². The molecule has 2 N–H and O–H groups in total. The van der Waals surface area contributed by atoms with Crippen molar-refractivity contribution in [2.45, 2.75) is 52.6 Å². The highest BCUT2D eigenvalue weighted by Gasteiger charge is 2.50. The monoisotopic (exact) mass is 319 g/mol. The molecule has 0 saturated heterocycles. The molecule has 4 rings (SSSR count). The summed E-state index contributed by atoms with van der Waals surface area (Å²) in [5.74, 6) is -1.41. The number of amides is 1. The molecule has 3 aliphatic rings. The third-order valence-electron chi connectivity index (χ3n) is 5.76. The first-order chi connectivity index (χ1) is 11.0. The Balaban J connectivity index is 1.69. The van der Waals surface area contributed by atoms with E-state index in [-0.39, 0.29) is 23.7 Å². The molecule has 6 heteroatoms. The maximum atomic E-state index is 12.7. The van der Waals surface area contributed by atoms with Crippen LogP contribution in [-0.4, -0.2) is 26.8 Å². The maximum Gasteiger partial charge on any atom is 0.307 e. The van der Waals surface area contributed by atoms with E-state index in [0.29, 0.717) is 6.54 Å². The number of aromatic nitrogens is 2. The third-order valence-corrected chi connectivity index (χ3v) is 5.76. The number of nitrogens with zero attached hydrogens (tertiary/aromatic N) is 2. The van der Waals surface area contributed by atoms with E-state index in [1.807, 2.05) is 18.5 Å². The second kappa shape index (κ2) is 6.34. The van der Waals surface area contributed by atoms with Gasteiger partial charge in [0.25, 0.3) is 0 Å². The highest BCUT2D eigenvalue weighted by atomic mass is 16.4. The SMILES string of the molecule is CCn1ncc(CNC(=O)[C@H]2C3CCC(CC3)[C@@H]2C(=O)O)c1C. The van der Waals surface area contributed by atoms with Crippen molar-refractivity contribution in [2.24, 2.45) is 23.7 Å². The van der Waals surface area contributed by atoms with Crippen LogP contribution in [0.4, 0.5) is 0 Å². The summed E-state index contributed by atoms with van der Waals surface area (Å²) in [6, 6.07) is 0. The van der Waals surface area contributed by atoms with Gasteiger partial charge >= 0.3 is 5.97 Å². The standard InChI is InChI=1S/C17H25N3O3/c1-3-20-10(2)13(9-19-20)8-18-16(21)14-11-4-6-12(7-5-11)15(14)17(22)23/h9,11-12,14-15H,3-8H2,1-2H3,(H,18,21)(H,22,23)/t11?,12?,14-,15-/m0/s1. The number of fused-ring (bicyclic) bond motifs is 3. The molecule has 0 aromatic carbocycles. The van der Waals surface area contributed by atoms with E-state index in [4.69, 9.17) is 0 Å². The first-order valence-corrected chi connectivity index (χ1v) is 8.54. The Morgan fingerprint density at radius 1 is 1.26 bits per heavy atom. The van der Waals surface area contributed by atoms with Gasteiger partial charge in [-0.1, -0.05) is 0 Å². The zero-order chi connectivity index (χ0) is 16.6. The first-order valence-electron chi connectivity index (χ1n) is 8.54. The number of aryl methyl sites for hydroxylation is 1. The van der Waals surface area contributed by atoms with Gasteiger partial charge in [-0.05, 0) is 51.4 Å². The van der Waals surface area contributed by atoms with Crippen molar-refractivity contribution < 1.29 is 14.7 Å². The maximum absolute atomic E-state index is 12.7. The van der Waals surface area contributed by atoms with Gasteiger partial charge < -0.3 is 10.4 Å². The number of carboxylic acid groups (broad SMARTS) is 1. The van der Waals surface area contributed by atoms with Crippen LogP contribution in [0.25, 0.3) is 0 Å². The lowest BCUT2D eigenvalue weighted by Gasteiger charge is -2.45. The van der Waals surface area contributed by atoms with Gasteiger partial charge in [0.1, 0.15) is 0 Å². The average molecular weight is 319 g/mol. The predicted octanol–water partition coefficient (Wildman–Crippen LogP) is 1.96. The molecule has 3 aliphatic carbocycles. The summed E-state index contributed by atoms with van der Waals surface area (Å²) < 4.78 is 1.89. The van der Waals surface area contributed by atoms with Crippen molar-refractivity contribution in [2.75, 3.05) is 0 Å². The number of carboxylic acids is 1. The Bertz CT molecular complexity index is 602. The summed E-state index contributed by atoms with van der Waals surface area (Å²) >= 11 is 0. The van der Waals surface area contributed by atoms with E-state index in [2.05, 4.69) is 10.4 Å². The minimum atomic E-state index is -0.811. The molecule has 1 amide bonds. The molecular weight excluding hydrogens is 294 g/mol. The van der Waals surface area contributed by atoms with Gasteiger partial charge in [-0.25, -0.2) is 0 Å². The predicted molar refractivity (Wildman–Crippen MR) is 84.5 cm³/mol. The molecule has 6 nitrogen and oxygen atoms in total. The minimum absolute atomic E-state index is 0.101. The van der Waals surface area contributed by atoms with Crippen LogP contribution in [0.3, 0.4) is 0 Å². The fraction of sp³-hybridized carbons (Fsp3) is 0.706. The second-order valence-electron chi connectivity index (χ2n) is 6.85. The fourth-order valence-corrected chi connectivity index (χ4v) is 4.46. The molecule has 1 aromatic rings. The van der Waals surface area contributed by atoms with E-state index >= 15 is 0 Å². The van der Waals surface area contributed by atoms with Crippen LogP contribution in [0.15, 0.2) is 6.20 Å². The van der Waals surface area contributed by atoms with E-state index in [0.717, 1.165) is 43.5 Å². The summed E-state index contributed by atoms with van der Waals surface area (Å²) in [7, 11) is 0. The topological polar surface area (TPSA) is 84.2 Å². The van der Waals surface area contributed by atoms with E-state index in [1.54, 1.807) is 6.20 Å². The van der Waals surface area contributed by atoms with E-state index in [9.17, 15) is 14.7 Å². The van der Waals surface area contributed by atoms with Crippen molar-refractivity contribution in [3.8, 4) is 0 Å². The average Bonchev–Trinajstić information content (AvgIpc) is 2.92. The number of aliphatic carboxylic acids is 1. The van der Waals surface area contributed by atoms with Crippen LogP contribution < -0.4 is 5.32 Å². The number of rotatable bonds is 5. The van der Waals surface area contributed by atoms with Crippen LogP contribution in [0.5, 0.6) is 0 Å². The molecule has 0 aliphatic heterocycles. The van der Waals surface area contributed by atoms with Crippen LogP contribution >= 0.6 is 0 Å². The first kappa shape index (κ1) is 16.0. The van der Waals surface area contributed by atoms with Gasteiger partial charge in [-0.15, -0.1) is 0 Å². The molecular formula is C17H25N3O3. The van der Waals surface area contributed by atoms with Gasteiger partial charge in [0.2, 0.25) is 5.91 Å². The summed E-state index contributed by atoms with van der Waals surface area (Å²) in [5.41, 5.74) is 2.04. The summed E-state index contributed by atoms with van der Waals surface area (Å²) in [5, 5.41) is 16.8. The van der Waals surface area contributed by atoms with Crippen molar-refractivity contribution in [1.29, 1.82) is 0 Å². The van der Waals surface area contributed by atoms with Gasteiger partial charge in [0.05, 0.1) is 18.0 Å². The molecule has 0 radical (unpaired) electrons. The molecule has 3 saturated carbocycles. The largest absolute Gasteiger partial charge is 0.481 e. The van der Waals surface area contributed by atoms with Gasteiger partial charge in [-0.3, -0.25) is 14.3 Å². The molecule has 2 atom stereocenters. The summed E-state index contributed by atoms with van der Waals surface area (Å²) in [4.78, 5) is 24.3. The number of nitrogens with one attached hydrogen (secondary N) is 1. The lowest BCUT2D eigenvalue weighted by atomic mass is 9.58. The van der Waals surface area contributed by atoms with E-state index in [1.165, 1.54) is 0 Å². The fourth-order valence-electron chi connectivity index (χ4n) is 4.46. The van der Waals surface area contributed by atoms with Crippen LogP contribution in [0.2, 0.25) is 0 Å². The Morgan fingerprint density at radius 2 is 1.87 bits per heavy atom. The van der Waals surface area contributed by atoms with Crippen molar-refractivity contribution in [3.05, 3.63) is 17.5 Å². The smallest absolute Gasteiger partial charge is 0.307 e. The highest BCUT2D eigenvalue weighted by molar-refractivity contribution is 5.85. The summed E-state index contributed by atoms with van der Waals surface area (Å²) in [6.45, 7) is 5.23. The number of carbonyl (C=O) groups is 2. The molecule has 0 spiro atoms. The number of hydrogen-bond acceptors (Lipinski definition) is 3. The molecule has 126 valence electrons. The Morgan fingerprint density at radius 3 is 2.39 bits per heavy atom. The van der Waals surface area contributed by atoms with Gasteiger partial charge in [-0.2, -0.15) is 5.10 Å². The lowest BCUT2D eigenvalue weighted by Crippen LogP contribution is -2.50. The molecule has 1 heterocycles. The van der Waals surface area contributed by atoms with Gasteiger partial charge in [0.15, 0.2) is 0 Å². The quantitative estimate of drug-likeness (QED) is 0.869. The Labute approximate surface area is 136 Å². The van der Waals surface area contributed by atoms with E-state index < -0.39 is 11.9 Å². The van der Waals surface area contributed by atoms with Crippen molar-refractivity contribution >= 4 is 11.9 Å². The Kier molecular flexibility index (Phi) is 4.41. The normalized spacial score (nSPS) is 29.5. The minimum Gasteiger partial charge on any atom is -0.481 e. The molecule has 1 aromatic heterocycles. The summed E-state index contributed by atoms with van der Waals surface area (Å²) in [6.07, 6.45) is 5.65. The third kappa shape index (κ3) is 2.86. The zero-order valence-electron chi connectivity index (χ0n) is 13.8. The van der Waals surface area contributed by atoms with Crippen molar-refractivity contribution in [3.63, 3.8) is 0 Å². The molecule has 23 heavy (non-hydrogen) atoms.